The summed E-state index contributed by atoms with van der Waals surface area (Å²) in [5.74, 6) is -1.22. The molecule has 0 aliphatic carbocycles. The summed E-state index contributed by atoms with van der Waals surface area (Å²) in [5.41, 5.74) is 4.88. The lowest BCUT2D eigenvalue weighted by Crippen LogP contribution is -2.54. The van der Waals surface area contributed by atoms with Crippen molar-refractivity contribution in [2.75, 3.05) is 5.75 Å². The second-order valence-electron chi connectivity index (χ2n) is 9.93. The summed E-state index contributed by atoms with van der Waals surface area (Å²) in [6.45, 7) is 4.04. The van der Waals surface area contributed by atoms with Crippen LogP contribution < -0.4 is 10.2 Å². The van der Waals surface area contributed by atoms with Gasteiger partial charge in [0.15, 0.2) is 9.84 Å². The van der Waals surface area contributed by atoms with Crippen LogP contribution >= 0.6 is 23.2 Å². The Bertz CT molecular complexity index is 1550. The van der Waals surface area contributed by atoms with Crippen LogP contribution in [0.25, 0.3) is 17.3 Å². The predicted molar refractivity (Wildman–Crippen MR) is 149 cm³/mol. The number of fused-ring (bicyclic) bond motifs is 1. The van der Waals surface area contributed by atoms with Gasteiger partial charge in [0.25, 0.3) is 0 Å². The van der Waals surface area contributed by atoms with Gasteiger partial charge < -0.3 is 4.74 Å². The van der Waals surface area contributed by atoms with Gasteiger partial charge in [-0.3, -0.25) is 5.43 Å². The van der Waals surface area contributed by atoms with Crippen molar-refractivity contribution in [1.82, 2.24) is 20.2 Å². The Balaban J connectivity index is 1.61. The zero-order valence-corrected chi connectivity index (χ0v) is 23.7. The molecule has 3 heterocycles. The van der Waals surface area contributed by atoms with Gasteiger partial charge in [-0.05, 0) is 74.2 Å². The van der Waals surface area contributed by atoms with Crippen LogP contribution in [-0.2, 0) is 15.6 Å². The number of hydrogen-bond acceptors (Lipinski definition) is 6. The molecule has 3 aromatic rings. The van der Waals surface area contributed by atoms with Crippen molar-refractivity contribution in [3.8, 4) is 11.6 Å². The first-order valence-corrected chi connectivity index (χ1v) is 15.1. The number of nitrogens with one attached hydrogen (secondary N) is 1. The number of aromatic nitrogens is 2. The van der Waals surface area contributed by atoms with Gasteiger partial charge in [0.2, 0.25) is 5.88 Å². The molecule has 0 spiro atoms. The molecule has 0 bridgehead atoms. The van der Waals surface area contributed by atoms with Crippen molar-refractivity contribution in [2.45, 2.75) is 50.9 Å². The van der Waals surface area contributed by atoms with Crippen molar-refractivity contribution in [3.05, 3.63) is 75.1 Å². The number of rotatable bonds is 4. The smallest absolute Gasteiger partial charge is 0.388 e. The third-order valence-electron chi connectivity index (χ3n) is 6.94. The lowest BCUT2D eigenvalue weighted by molar-refractivity contribution is 0.0483. The van der Waals surface area contributed by atoms with Gasteiger partial charge in [-0.2, -0.15) is 0 Å². The third-order valence-corrected chi connectivity index (χ3v) is 8.96. The first-order chi connectivity index (χ1) is 18.5. The molecule has 2 aromatic carbocycles. The zero-order chi connectivity index (χ0) is 27.9. The number of carbonyl (C=O) groups excluding carboxylic acids is 1. The van der Waals surface area contributed by atoms with Crippen LogP contribution in [0.4, 0.5) is 9.18 Å². The molecular formula is C27H27Cl2FN4O4S. The highest BCUT2D eigenvalue weighted by Gasteiger charge is 2.35. The molecule has 0 saturated carbocycles. The van der Waals surface area contributed by atoms with Crippen LogP contribution in [0.15, 0.2) is 42.5 Å². The SMILES string of the molecule is CC1CCCC(C)N1NC(=O)Oc1nn(-c2ccc(Cl)cc2Cl)c2c1CS(=O)(=O)C/C2=C\c1ccc(F)cc1. The summed E-state index contributed by atoms with van der Waals surface area (Å²) in [4.78, 5) is 13.0. The van der Waals surface area contributed by atoms with Crippen LogP contribution in [-0.4, -0.2) is 47.1 Å². The lowest BCUT2D eigenvalue weighted by atomic mass is 10.00. The monoisotopic (exact) mass is 592 g/mol. The van der Waals surface area contributed by atoms with E-state index in [1.54, 1.807) is 36.4 Å². The average molecular weight is 594 g/mol. The number of hydrazine groups is 1. The Morgan fingerprint density at radius 1 is 1.10 bits per heavy atom. The number of benzene rings is 2. The summed E-state index contributed by atoms with van der Waals surface area (Å²) in [7, 11) is -3.63. The number of nitrogens with zero attached hydrogens (tertiary/aromatic N) is 3. The van der Waals surface area contributed by atoms with E-state index in [2.05, 4.69) is 10.5 Å². The maximum atomic E-state index is 13.5. The Kier molecular flexibility index (Phi) is 7.74. The quantitative estimate of drug-likeness (QED) is 0.396. The van der Waals surface area contributed by atoms with E-state index in [1.807, 2.05) is 18.9 Å². The number of sulfone groups is 1. The minimum Gasteiger partial charge on any atom is -0.388 e. The van der Waals surface area contributed by atoms with Crippen LogP contribution in [0, 0.1) is 5.82 Å². The third kappa shape index (κ3) is 5.99. The minimum absolute atomic E-state index is 0.117. The van der Waals surface area contributed by atoms with E-state index >= 15 is 0 Å². The Morgan fingerprint density at radius 3 is 2.46 bits per heavy atom. The minimum atomic E-state index is -3.63. The van der Waals surface area contributed by atoms with Crippen LogP contribution in [0.1, 0.15) is 49.9 Å². The highest BCUT2D eigenvalue weighted by Crippen LogP contribution is 2.39. The van der Waals surface area contributed by atoms with Gasteiger partial charge >= 0.3 is 6.09 Å². The molecule has 1 amide bonds. The van der Waals surface area contributed by atoms with Crippen molar-refractivity contribution in [1.29, 1.82) is 0 Å². The fourth-order valence-electron chi connectivity index (χ4n) is 5.10. The normalized spacial score (nSPS) is 21.9. The number of amides is 1. The molecule has 5 rings (SSSR count). The molecule has 2 unspecified atom stereocenters. The van der Waals surface area contributed by atoms with Crippen molar-refractivity contribution >= 4 is 50.8 Å². The van der Waals surface area contributed by atoms with Gasteiger partial charge in [-0.1, -0.05) is 41.8 Å². The molecule has 39 heavy (non-hydrogen) atoms. The topological polar surface area (TPSA) is 93.5 Å². The molecule has 1 fully saturated rings. The summed E-state index contributed by atoms with van der Waals surface area (Å²) in [6, 6.07) is 10.7. The summed E-state index contributed by atoms with van der Waals surface area (Å²) in [5, 5.41) is 7.05. The maximum absolute atomic E-state index is 13.5. The number of piperidine rings is 1. The highest BCUT2D eigenvalue weighted by molar-refractivity contribution is 7.91. The van der Waals surface area contributed by atoms with Crippen molar-refractivity contribution < 1.29 is 22.3 Å². The lowest BCUT2D eigenvalue weighted by Gasteiger charge is -2.38. The largest absolute Gasteiger partial charge is 0.428 e. The van der Waals surface area contributed by atoms with Crippen LogP contribution in [0.5, 0.6) is 5.88 Å². The summed E-state index contributed by atoms with van der Waals surface area (Å²) >= 11 is 12.6. The molecule has 8 nitrogen and oxygen atoms in total. The average Bonchev–Trinajstić information content (AvgIpc) is 3.19. The molecule has 12 heteroatoms. The van der Waals surface area contributed by atoms with Crippen LogP contribution in [0.3, 0.4) is 0 Å². The van der Waals surface area contributed by atoms with Gasteiger partial charge in [0, 0.05) is 17.1 Å². The summed E-state index contributed by atoms with van der Waals surface area (Å²) in [6.07, 6.45) is 3.81. The molecule has 1 saturated heterocycles. The molecule has 1 aromatic heterocycles. The Hall–Kier alpha value is -2.92. The second kappa shape index (κ2) is 10.9. The standard InChI is InChI=1S/C27H27Cl2FN4O4S/c1-16-4-3-5-17(2)33(16)32-27(35)38-26-22-15-39(36,37)14-19(12-18-6-9-21(30)10-7-18)25(22)34(31-26)24-11-8-20(28)13-23(24)29/h6-13,16-17H,3-5,14-15H2,1-2H3,(H,32,35)/b19-12+. The number of hydrogen-bond donors (Lipinski definition) is 1. The molecule has 0 radical (unpaired) electrons. The van der Waals surface area contributed by atoms with Gasteiger partial charge in [-0.25, -0.2) is 27.3 Å². The van der Waals surface area contributed by atoms with Gasteiger partial charge in [-0.15, -0.1) is 5.10 Å². The van der Waals surface area contributed by atoms with Gasteiger partial charge in [0.05, 0.1) is 33.5 Å². The Morgan fingerprint density at radius 2 is 1.79 bits per heavy atom. The first-order valence-electron chi connectivity index (χ1n) is 12.5. The number of halogens is 3. The fraction of sp³-hybridized carbons (Fsp3) is 0.333. The second-order valence-corrected chi connectivity index (χ2v) is 12.8. The molecule has 2 aliphatic rings. The van der Waals surface area contributed by atoms with E-state index in [1.165, 1.54) is 16.8 Å². The Labute approximate surface area is 236 Å². The molecule has 2 atom stereocenters. The molecule has 2 aliphatic heterocycles. The predicted octanol–water partition coefficient (Wildman–Crippen LogP) is 6.05. The van der Waals surface area contributed by atoms with Gasteiger partial charge in [0.1, 0.15) is 5.82 Å². The number of carbonyl (C=O) groups is 1. The van der Waals surface area contributed by atoms with E-state index in [9.17, 15) is 17.6 Å². The molecule has 1 N–H and O–H groups in total. The van der Waals surface area contributed by atoms with Crippen molar-refractivity contribution in [2.24, 2.45) is 0 Å². The fourth-order valence-corrected chi connectivity index (χ4v) is 7.09. The maximum Gasteiger partial charge on any atom is 0.428 e. The van der Waals surface area contributed by atoms with E-state index in [0.717, 1.165) is 19.3 Å². The molecular weight excluding hydrogens is 566 g/mol. The van der Waals surface area contributed by atoms with E-state index in [4.69, 9.17) is 27.9 Å². The first kappa shape index (κ1) is 27.6. The highest BCUT2D eigenvalue weighted by atomic mass is 35.5. The van der Waals surface area contributed by atoms with E-state index in [0.29, 0.717) is 27.5 Å². The van der Waals surface area contributed by atoms with E-state index in [-0.39, 0.29) is 40.1 Å². The van der Waals surface area contributed by atoms with E-state index < -0.39 is 21.7 Å². The molecule has 206 valence electrons. The number of ether oxygens (including phenoxy) is 1. The van der Waals surface area contributed by atoms with Crippen LogP contribution in [0.2, 0.25) is 10.0 Å². The summed E-state index contributed by atoms with van der Waals surface area (Å²) < 4.78 is 46.7. The zero-order valence-electron chi connectivity index (χ0n) is 21.3. The van der Waals surface area contributed by atoms with Crippen molar-refractivity contribution in [3.63, 3.8) is 0 Å².